The van der Waals surface area contributed by atoms with Crippen molar-refractivity contribution in [3.8, 4) is 0 Å². The van der Waals surface area contributed by atoms with E-state index in [4.69, 9.17) is 0 Å². The van der Waals surface area contributed by atoms with Gasteiger partial charge in [-0.15, -0.1) is 0 Å². The maximum Gasteiger partial charge on any atom is 0.0748 e. The van der Waals surface area contributed by atoms with Crippen LogP contribution < -0.4 is 0 Å². The van der Waals surface area contributed by atoms with Crippen LogP contribution in [0.5, 0.6) is 0 Å². The fourth-order valence-electron chi connectivity index (χ4n) is 2.92. The van der Waals surface area contributed by atoms with Gasteiger partial charge in [0.25, 0.3) is 0 Å². The molecule has 0 spiro atoms. The van der Waals surface area contributed by atoms with Crippen molar-refractivity contribution in [2.75, 3.05) is 33.7 Å². The zero-order valence-corrected chi connectivity index (χ0v) is 12.3. The summed E-state index contributed by atoms with van der Waals surface area (Å²) in [6.45, 7) is 5.26. The smallest absolute Gasteiger partial charge is 0.0748 e. The van der Waals surface area contributed by atoms with E-state index in [1.54, 1.807) is 0 Å². The van der Waals surface area contributed by atoms with E-state index in [2.05, 4.69) is 55.1 Å². The molecule has 0 amide bonds. The second kappa shape index (κ2) is 6.51. The Hall–Kier alpha value is -0.900. The van der Waals surface area contributed by atoms with E-state index >= 15 is 0 Å². The van der Waals surface area contributed by atoms with Crippen molar-refractivity contribution in [1.82, 2.24) is 9.80 Å². The Morgan fingerprint density at radius 3 is 2.74 bits per heavy atom. The van der Waals surface area contributed by atoms with E-state index in [9.17, 15) is 5.11 Å². The maximum atomic E-state index is 10.6. The number of benzene rings is 1. The van der Waals surface area contributed by atoms with E-state index in [1.165, 1.54) is 17.5 Å². The fraction of sp³-hybridized carbons (Fsp3) is 0.625. The van der Waals surface area contributed by atoms with Crippen molar-refractivity contribution in [3.05, 3.63) is 35.4 Å². The number of likely N-dealkylation sites (N-methyl/N-ethyl adjacent to an activating group) is 2. The summed E-state index contributed by atoms with van der Waals surface area (Å²) in [5, 5.41) is 10.6. The van der Waals surface area contributed by atoms with Crippen molar-refractivity contribution >= 4 is 0 Å². The van der Waals surface area contributed by atoms with Gasteiger partial charge in [-0.3, -0.25) is 4.90 Å². The second-order valence-electron chi connectivity index (χ2n) is 5.86. The molecule has 2 rings (SSSR count). The molecular formula is C16H26N2O. The second-order valence-corrected chi connectivity index (χ2v) is 5.86. The van der Waals surface area contributed by atoms with E-state index < -0.39 is 0 Å². The van der Waals surface area contributed by atoms with Crippen LogP contribution in [-0.2, 0) is 6.42 Å². The van der Waals surface area contributed by atoms with Gasteiger partial charge in [0.2, 0.25) is 0 Å². The normalized spacial score (nSPS) is 24.1. The molecule has 1 aliphatic rings. The van der Waals surface area contributed by atoms with Gasteiger partial charge in [0.1, 0.15) is 0 Å². The van der Waals surface area contributed by atoms with Crippen LogP contribution in [0.4, 0.5) is 0 Å². The highest BCUT2D eigenvalue weighted by Gasteiger charge is 2.27. The summed E-state index contributed by atoms with van der Waals surface area (Å²) < 4.78 is 0. The zero-order chi connectivity index (χ0) is 13.8. The first-order chi connectivity index (χ1) is 9.08. The number of aliphatic hydroxyl groups is 1. The molecule has 1 heterocycles. The first-order valence-corrected chi connectivity index (χ1v) is 7.19. The van der Waals surface area contributed by atoms with Crippen LogP contribution in [-0.4, -0.2) is 60.8 Å². The summed E-state index contributed by atoms with van der Waals surface area (Å²) in [7, 11) is 4.28. The third kappa shape index (κ3) is 3.78. The lowest BCUT2D eigenvalue weighted by molar-refractivity contribution is 0.0580. The van der Waals surface area contributed by atoms with Gasteiger partial charge in [-0.1, -0.05) is 24.3 Å². The molecular weight excluding hydrogens is 236 g/mol. The molecule has 3 heteroatoms. The molecule has 1 saturated heterocycles. The summed E-state index contributed by atoms with van der Waals surface area (Å²) in [4.78, 5) is 4.64. The molecule has 0 bridgehead atoms. The van der Waals surface area contributed by atoms with Crippen LogP contribution in [0.15, 0.2) is 24.3 Å². The zero-order valence-electron chi connectivity index (χ0n) is 12.3. The van der Waals surface area contributed by atoms with Gasteiger partial charge in [-0.25, -0.2) is 0 Å². The Balaban J connectivity index is 2.05. The largest absolute Gasteiger partial charge is 0.391 e. The monoisotopic (exact) mass is 262 g/mol. The summed E-state index contributed by atoms with van der Waals surface area (Å²) in [6.07, 6.45) is 1.63. The maximum absolute atomic E-state index is 10.6. The number of rotatable bonds is 3. The third-order valence-electron chi connectivity index (χ3n) is 4.25. The number of hydrogen-bond donors (Lipinski definition) is 1. The molecule has 0 saturated carbocycles. The fourth-order valence-corrected chi connectivity index (χ4v) is 2.92. The van der Waals surface area contributed by atoms with Crippen molar-refractivity contribution in [1.29, 1.82) is 0 Å². The predicted octanol–water partition coefficient (Wildman–Crippen LogP) is 1.53. The summed E-state index contributed by atoms with van der Waals surface area (Å²) in [6, 6.07) is 8.57. The molecule has 2 atom stereocenters. The average molecular weight is 262 g/mol. The quantitative estimate of drug-likeness (QED) is 0.895. The van der Waals surface area contributed by atoms with Crippen LogP contribution >= 0.6 is 0 Å². The van der Waals surface area contributed by atoms with E-state index in [-0.39, 0.29) is 12.1 Å². The average Bonchev–Trinajstić information content (AvgIpc) is 2.54. The highest BCUT2D eigenvalue weighted by atomic mass is 16.3. The SMILES string of the molecule is Cc1ccccc1CC(O)C1CN(C)CCCN1C. The van der Waals surface area contributed by atoms with E-state index in [0.717, 1.165) is 26.1 Å². The Morgan fingerprint density at radius 1 is 1.26 bits per heavy atom. The van der Waals surface area contributed by atoms with Gasteiger partial charge in [-0.05, 0) is 51.7 Å². The van der Waals surface area contributed by atoms with Gasteiger partial charge < -0.3 is 10.0 Å². The van der Waals surface area contributed by atoms with E-state index in [0.29, 0.717) is 0 Å². The molecule has 1 aliphatic heterocycles. The lowest BCUT2D eigenvalue weighted by atomic mass is 9.98. The first-order valence-electron chi connectivity index (χ1n) is 7.19. The van der Waals surface area contributed by atoms with Crippen LogP contribution in [0.3, 0.4) is 0 Å². The Morgan fingerprint density at radius 2 is 2.00 bits per heavy atom. The number of nitrogens with zero attached hydrogens (tertiary/aromatic N) is 2. The molecule has 2 unspecified atom stereocenters. The molecule has 1 aromatic rings. The van der Waals surface area contributed by atoms with Crippen molar-refractivity contribution in [2.45, 2.75) is 31.9 Å². The highest BCUT2D eigenvalue weighted by molar-refractivity contribution is 5.26. The highest BCUT2D eigenvalue weighted by Crippen LogP contribution is 2.16. The molecule has 106 valence electrons. The molecule has 0 aliphatic carbocycles. The standard InChI is InChI=1S/C16H26N2O/c1-13-7-4-5-8-14(13)11-16(19)15-12-17(2)9-6-10-18(15)3/h4-5,7-8,15-16,19H,6,9-12H2,1-3H3. The minimum absolute atomic E-state index is 0.229. The first kappa shape index (κ1) is 14.5. The minimum Gasteiger partial charge on any atom is -0.391 e. The van der Waals surface area contributed by atoms with Crippen molar-refractivity contribution in [2.24, 2.45) is 0 Å². The number of aliphatic hydroxyl groups excluding tert-OH is 1. The summed E-state index contributed by atoms with van der Waals surface area (Å²) >= 11 is 0. The third-order valence-corrected chi connectivity index (χ3v) is 4.25. The molecule has 0 aromatic heterocycles. The van der Waals surface area contributed by atoms with Crippen LogP contribution in [0.2, 0.25) is 0 Å². The molecule has 1 fully saturated rings. The van der Waals surface area contributed by atoms with Crippen LogP contribution in [0.25, 0.3) is 0 Å². The number of aryl methyl sites for hydroxylation is 1. The van der Waals surface area contributed by atoms with E-state index in [1.807, 2.05) is 0 Å². The van der Waals surface area contributed by atoms with Crippen molar-refractivity contribution < 1.29 is 5.11 Å². The molecule has 1 N–H and O–H groups in total. The molecule has 19 heavy (non-hydrogen) atoms. The Kier molecular flexibility index (Phi) is 4.97. The minimum atomic E-state index is -0.299. The van der Waals surface area contributed by atoms with Gasteiger partial charge in [0, 0.05) is 19.0 Å². The van der Waals surface area contributed by atoms with Gasteiger partial charge in [-0.2, -0.15) is 0 Å². The van der Waals surface area contributed by atoms with Gasteiger partial charge >= 0.3 is 0 Å². The van der Waals surface area contributed by atoms with Gasteiger partial charge in [0.05, 0.1) is 6.10 Å². The lowest BCUT2D eigenvalue weighted by Crippen LogP contribution is -2.47. The van der Waals surface area contributed by atoms with Crippen LogP contribution in [0, 0.1) is 6.92 Å². The molecule has 3 nitrogen and oxygen atoms in total. The van der Waals surface area contributed by atoms with Gasteiger partial charge in [0.15, 0.2) is 0 Å². The Bertz CT molecular complexity index is 407. The topological polar surface area (TPSA) is 26.7 Å². The molecule has 0 radical (unpaired) electrons. The predicted molar refractivity (Wildman–Crippen MR) is 79.4 cm³/mol. The molecule has 1 aromatic carbocycles. The van der Waals surface area contributed by atoms with Crippen LogP contribution in [0.1, 0.15) is 17.5 Å². The number of hydrogen-bond acceptors (Lipinski definition) is 3. The summed E-state index contributed by atoms with van der Waals surface area (Å²) in [5.41, 5.74) is 2.53. The summed E-state index contributed by atoms with van der Waals surface area (Å²) in [5.74, 6) is 0. The lowest BCUT2D eigenvalue weighted by Gasteiger charge is -2.31. The Labute approximate surface area is 116 Å². The van der Waals surface area contributed by atoms with Crippen molar-refractivity contribution in [3.63, 3.8) is 0 Å².